The molecule has 0 aromatic heterocycles. The molecular weight excluding hydrogens is 226 g/mol. The maximum Gasteiger partial charge on any atom is 0.332 e. The zero-order valence-electron chi connectivity index (χ0n) is 8.79. The number of nitrogens with two attached hydrogens (primary N) is 1. The summed E-state index contributed by atoms with van der Waals surface area (Å²) < 4.78 is 0. The molecule has 0 spiro atoms. The molecule has 0 bridgehead atoms. The lowest BCUT2D eigenvalue weighted by molar-refractivity contribution is -0.147. The summed E-state index contributed by atoms with van der Waals surface area (Å²) in [7, 11) is 0. The molecule has 6 nitrogen and oxygen atoms in total. The molecule has 90 valence electrons. The van der Waals surface area contributed by atoms with Crippen LogP contribution in [0.3, 0.4) is 0 Å². The van der Waals surface area contributed by atoms with Crippen molar-refractivity contribution in [1.29, 1.82) is 0 Å². The molecule has 0 aliphatic rings. The molecule has 0 saturated heterocycles. The van der Waals surface area contributed by atoms with E-state index in [4.69, 9.17) is 15.9 Å². The molecule has 1 unspecified atom stereocenters. The van der Waals surface area contributed by atoms with Gasteiger partial charge in [-0.2, -0.15) is 0 Å². The van der Waals surface area contributed by atoms with E-state index >= 15 is 0 Å². The van der Waals surface area contributed by atoms with Gasteiger partial charge in [-0.3, -0.25) is 9.59 Å². The molecule has 6 heteroatoms. The van der Waals surface area contributed by atoms with Gasteiger partial charge in [0.05, 0.1) is 6.42 Å². The largest absolute Gasteiger partial charge is 0.481 e. The molecule has 0 aliphatic carbocycles. The van der Waals surface area contributed by atoms with Crippen molar-refractivity contribution in [2.75, 3.05) is 0 Å². The quantitative estimate of drug-likeness (QED) is 0.494. The number of hydrogen-bond acceptors (Lipinski definition) is 4. The Bertz CT molecular complexity index is 456. The predicted molar refractivity (Wildman–Crippen MR) is 57.6 cm³/mol. The van der Waals surface area contributed by atoms with Crippen LogP contribution in [0.1, 0.15) is 16.8 Å². The highest BCUT2D eigenvalue weighted by Gasteiger charge is 2.44. The Hall–Kier alpha value is -2.21. The van der Waals surface area contributed by atoms with Gasteiger partial charge in [0.1, 0.15) is 0 Å². The summed E-state index contributed by atoms with van der Waals surface area (Å²) in [6.07, 6.45) is -0.962. The molecule has 4 N–H and O–H groups in total. The Morgan fingerprint density at radius 2 is 1.65 bits per heavy atom. The van der Waals surface area contributed by atoms with Crippen LogP contribution >= 0.6 is 0 Å². The Balaban J connectivity index is 3.12. The minimum Gasteiger partial charge on any atom is -0.481 e. The van der Waals surface area contributed by atoms with E-state index in [1.165, 1.54) is 24.3 Å². The first-order valence-corrected chi connectivity index (χ1v) is 4.72. The number of ketones is 1. The predicted octanol–water partition coefficient (Wildman–Crippen LogP) is 0.126. The van der Waals surface area contributed by atoms with Crippen LogP contribution in [0.15, 0.2) is 30.3 Å². The summed E-state index contributed by atoms with van der Waals surface area (Å²) in [5, 5.41) is 17.5. The zero-order chi connectivity index (χ0) is 13.1. The van der Waals surface area contributed by atoms with Gasteiger partial charge >= 0.3 is 11.9 Å². The van der Waals surface area contributed by atoms with Crippen LogP contribution in [-0.4, -0.2) is 33.5 Å². The van der Waals surface area contributed by atoms with Gasteiger partial charge in [0, 0.05) is 5.56 Å². The number of carbonyl (C=O) groups is 3. The van der Waals surface area contributed by atoms with E-state index in [0.29, 0.717) is 0 Å². The molecule has 17 heavy (non-hydrogen) atoms. The molecule has 1 aromatic carbocycles. The normalized spacial score (nSPS) is 13.7. The van der Waals surface area contributed by atoms with Crippen LogP contribution in [0.2, 0.25) is 0 Å². The van der Waals surface area contributed by atoms with E-state index < -0.39 is 29.7 Å². The Morgan fingerprint density at radius 3 is 2.06 bits per heavy atom. The zero-order valence-corrected chi connectivity index (χ0v) is 8.79. The molecular formula is C11H11NO5. The number of carbonyl (C=O) groups excluding carboxylic acids is 1. The van der Waals surface area contributed by atoms with Crippen molar-refractivity contribution in [3.05, 3.63) is 35.9 Å². The van der Waals surface area contributed by atoms with Crippen LogP contribution in [0, 0.1) is 0 Å². The Labute approximate surface area is 96.7 Å². The van der Waals surface area contributed by atoms with Crippen molar-refractivity contribution in [2.24, 2.45) is 5.73 Å². The minimum atomic E-state index is -2.44. The lowest BCUT2D eigenvalue weighted by Crippen LogP contribution is -2.56. The topological polar surface area (TPSA) is 118 Å². The van der Waals surface area contributed by atoms with Crippen molar-refractivity contribution < 1.29 is 24.6 Å². The summed E-state index contributed by atoms with van der Waals surface area (Å²) in [6, 6.07) is 7.49. The number of hydrogen-bond donors (Lipinski definition) is 3. The number of rotatable bonds is 5. The molecule has 0 saturated carbocycles. The van der Waals surface area contributed by atoms with Gasteiger partial charge < -0.3 is 15.9 Å². The van der Waals surface area contributed by atoms with E-state index in [1.54, 1.807) is 6.07 Å². The third-order valence-corrected chi connectivity index (χ3v) is 2.25. The summed E-state index contributed by atoms with van der Waals surface area (Å²) >= 11 is 0. The number of Topliss-reactive ketones (excluding diaryl/α,β-unsaturated/α-hetero) is 1. The highest BCUT2D eigenvalue weighted by molar-refractivity contribution is 6.17. The summed E-state index contributed by atoms with van der Waals surface area (Å²) in [4.78, 5) is 33.4. The van der Waals surface area contributed by atoms with Gasteiger partial charge in [-0.15, -0.1) is 0 Å². The van der Waals surface area contributed by atoms with E-state index in [0.717, 1.165) is 0 Å². The van der Waals surface area contributed by atoms with Crippen molar-refractivity contribution >= 4 is 17.7 Å². The molecule has 1 rings (SSSR count). The minimum absolute atomic E-state index is 0.0682. The SMILES string of the molecule is NC(CC(=O)O)(C(=O)O)C(=O)c1ccccc1. The fourth-order valence-electron chi connectivity index (χ4n) is 1.34. The molecule has 1 atom stereocenters. The molecule has 0 heterocycles. The van der Waals surface area contributed by atoms with Gasteiger partial charge in [-0.1, -0.05) is 30.3 Å². The van der Waals surface area contributed by atoms with Crippen LogP contribution in [0.5, 0.6) is 0 Å². The maximum absolute atomic E-state index is 11.9. The number of carboxylic acid groups (broad SMARTS) is 2. The molecule has 0 aliphatic heterocycles. The van der Waals surface area contributed by atoms with E-state index in [1.807, 2.05) is 0 Å². The summed E-state index contributed by atoms with van der Waals surface area (Å²) in [5.41, 5.74) is 3.02. The van der Waals surface area contributed by atoms with E-state index in [2.05, 4.69) is 0 Å². The molecule has 0 radical (unpaired) electrons. The fourth-order valence-corrected chi connectivity index (χ4v) is 1.34. The van der Waals surface area contributed by atoms with Crippen molar-refractivity contribution in [3.8, 4) is 0 Å². The number of carboxylic acids is 2. The molecule has 0 fully saturated rings. The maximum atomic E-state index is 11.9. The van der Waals surface area contributed by atoms with Crippen LogP contribution in [0.4, 0.5) is 0 Å². The van der Waals surface area contributed by atoms with Gasteiger partial charge in [-0.25, -0.2) is 4.79 Å². The average Bonchev–Trinajstić information content (AvgIpc) is 2.28. The summed E-state index contributed by atoms with van der Waals surface area (Å²) in [5.74, 6) is -4.03. The number of benzene rings is 1. The molecule has 1 aromatic rings. The Morgan fingerprint density at radius 1 is 1.12 bits per heavy atom. The first-order valence-electron chi connectivity index (χ1n) is 4.72. The smallest absolute Gasteiger partial charge is 0.332 e. The third-order valence-electron chi connectivity index (χ3n) is 2.25. The second-order valence-corrected chi connectivity index (χ2v) is 3.54. The van der Waals surface area contributed by atoms with Crippen molar-refractivity contribution in [3.63, 3.8) is 0 Å². The van der Waals surface area contributed by atoms with E-state index in [-0.39, 0.29) is 5.56 Å². The van der Waals surface area contributed by atoms with Crippen LogP contribution < -0.4 is 5.73 Å². The average molecular weight is 237 g/mol. The second-order valence-electron chi connectivity index (χ2n) is 3.54. The lowest BCUT2D eigenvalue weighted by Gasteiger charge is -2.20. The van der Waals surface area contributed by atoms with E-state index in [9.17, 15) is 14.4 Å². The number of aliphatic carboxylic acids is 2. The van der Waals surface area contributed by atoms with Gasteiger partial charge in [0.15, 0.2) is 11.3 Å². The first kappa shape index (κ1) is 12.9. The summed E-state index contributed by atoms with van der Waals surface area (Å²) in [6.45, 7) is 0. The lowest BCUT2D eigenvalue weighted by atomic mass is 9.87. The third kappa shape index (κ3) is 2.67. The van der Waals surface area contributed by atoms with Crippen molar-refractivity contribution in [1.82, 2.24) is 0 Å². The monoisotopic (exact) mass is 237 g/mol. The van der Waals surface area contributed by atoms with Gasteiger partial charge in [-0.05, 0) is 0 Å². The van der Waals surface area contributed by atoms with Gasteiger partial charge in [0.2, 0.25) is 0 Å². The van der Waals surface area contributed by atoms with Gasteiger partial charge in [0.25, 0.3) is 0 Å². The fraction of sp³-hybridized carbons (Fsp3) is 0.182. The second kappa shape index (κ2) is 4.75. The standard InChI is InChI=1S/C11H11NO5/c12-11(10(16)17,6-8(13)14)9(15)7-4-2-1-3-5-7/h1-5H,6,12H2,(H,13,14)(H,16,17). The Kier molecular flexibility index (Phi) is 3.59. The van der Waals surface area contributed by atoms with Crippen LogP contribution in [-0.2, 0) is 9.59 Å². The highest BCUT2D eigenvalue weighted by atomic mass is 16.4. The van der Waals surface area contributed by atoms with Crippen molar-refractivity contribution in [2.45, 2.75) is 12.0 Å². The molecule has 0 amide bonds. The highest BCUT2D eigenvalue weighted by Crippen LogP contribution is 2.15. The first-order chi connectivity index (χ1) is 7.88. The van der Waals surface area contributed by atoms with Crippen LogP contribution in [0.25, 0.3) is 0 Å².